The summed E-state index contributed by atoms with van der Waals surface area (Å²) in [7, 11) is 1.56. The van der Waals surface area contributed by atoms with Crippen LogP contribution in [0.2, 0.25) is 0 Å². The lowest BCUT2D eigenvalue weighted by Gasteiger charge is -2.18. The van der Waals surface area contributed by atoms with E-state index in [4.69, 9.17) is 9.47 Å². The van der Waals surface area contributed by atoms with Gasteiger partial charge in [0.2, 0.25) is 0 Å². The molecule has 1 N–H and O–H groups in total. The first-order chi connectivity index (χ1) is 9.54. The Labute approximate surface area is 123 Å². The molecule has 1 atom stereocenters. The topological polar surface area (TPSA) is 64.6 Å². The predicted molar refractivity (Wildman–Crippen MR) is 77.9 cm³/mol. The minimum absolute atomic E-state index is 0.254. The maximum Gasteiger partial charge on any atom is 0.349 e. The number of thiophene rings is 1. The Hall–Kier alpha value is -1.40. The summed E-state index contributed by atoms with van der Waals surface area (Å²) in [5, 5.41) is 4.50. The van der Waals surface area contributed by atoms with Crippen molar-refractivity contribution in [1.29, 1.82) is 0 Å². The summed E-state index contributed by atoms with van der Waals surface area (Å²) >= 11 is 1.30. The van der Waals surface area contributed by atoms with Crippen LogP contribution in [0.3, 0.4) is 0 Å². The second-order valence-corrected chi connectivity index (χ2v) is 5.73. The van der Waals surface area contributed by atoms with Crippen LogP contribution in [0.15, 0.2) is 17.5 Å². The Morgan fingerprint density at radius 3 is 2.70 bits per heavy atom. The first kappa shape index (κ1) is 16.7. The molecule has 112 valence electrons. The number of esters is 1. The van der Waals surface area contributed by atoms with E-state index in [9.17, 15) is 9.59 Å². The highest BCUT2D eigenvalue weighted by Gasteiger charge is 2.24. The fourth-order valence-corrected chi connectivity index (χ4v) is 2.21. The molecule has 5 nitrogen and oxygen atoms in total. The molecule has 1 heterocycles. The van der Waals surface area contributed by atoms with E-state index in [-0.39, 0.29) is 11.8 Å². The number of carbonyl (C=O) groups excluding carboxylic acids is 2. The lowest BCUT2D eigenvalue weighted by Crippen LogP contribution is -2.39. The highest BCUT2D eigenvalue weighted by molar-refractivity contribution is 7.11. The molecule has 1 unspecified atom stereocenters. The molecule has 0 aliphatic rings. The van der Waals surface area contributed by atoms with Gasteiger partial charge in [-0.1, -0.05) is 19.9 Å². The Kier molecular flexibility index (Phi) is 7.25. The number of amides is 1. The number of hydrogen-bond donors (Lipinski definition) is 1. The van der Waals surface area contributed by atoms with E-state index in [1.807, 2.05) is 13.8 Å². The number of methoxy groups -OCH3 is 1. The first-order valence-electron chi connectivity index (χ1n) is 6.55. The molecule has 0 aromatic carbocycles. The fourth-order valence-electron chi connectivity index (χ4n) is 1.61. The van der Waals surface area contributed by atoms with Crippen LogP contribution >= 0.6 is 11.3 Å². The molecule has 1 aromatic heterocycles. The summed E-state index contributed by atoms with van der Waals surface area (Å²) in [6, 6.07) is 3.46. The van der Waals surface area contributed by atoms with Crippen LogP contribution in [0.25, 0.3) is 0 Å². The summed E-state index contributed by atoms with van der Waals surface area (Å²) < 4.78 is 10.2. The van der Waals surface area contributed by atoms with Gasteiger partial charge in [-0.15, -0.1) is 11.3 Å². The molecular weight excluding hydrogens is 278 g/mol. The van der Waals surface area contributed by atoms with E-state index < -0.39 is 12.1 Å². The van der Waals surface area contributed by atoms with Crippen molar-refractivity contribution in [2.24, 2.45) is 5.92 Å². The zero-order valence-corrected chi connectivity index (χ0v) is 12.9. The Bertz CT molecular complexity index is 417. The zero-order chi connectivity index (χ0) is 15.0. The summed E-state index contributed by atoms with van der Waals surface area (Å²) in [6.45, 7) is 4.79. The molecule has 0 fully saturated rings. The lowest BCUT2D eigenvalue weighted by atomic mass is 10.1. The van der Waals surface area contributed by atoms with Crippen LogP contribution in [0.5, 0.6) is 0 Å². The highest BCUT2D eigenvalue weighted by Crippen LogP contribution is 2.15. The molecule has 0 aliphatic carbocycles. The molecule has 0 spiro atoms. The minimum atomic E-state index is -0.763. The summed E-state index contributed by atoms with van der Waals surface area (Å²) in [6.07, 6.45) is -0.267. The number of hydrogen-bond acceptors (Lipinski definition) is 5. The molecule has 0 bridgehead atoms. The van der Waals surface area contributed by atoms with Crippen LogP contribution in [0, 0.1) is 5.92 Å². The summed E-state index contributed by atoms with van der Waals surface area (Å²) in [4.78, 5) is 24.4. The molecule has 0 saturated carbocycles. The van der Waals surface area contributed by atoms with E-state index in [1.54, 1.807) is 24.6 Å². The van der Waals surface area contributed by atoms with E-state index in [2.05, 4.69) is 5.32 Å². The number of nitrogens with one attached hydrogen (secondary N) is 1. The Morgan fingerprint density at radius 2 is 2.15 bits per heavy atom. The van der Waals surface area contributed by atoms with Gasteiger partial charge in [-0.25, -0.2) is 4.79 Å². The second-order valence-electron chi connectivity index (χ2n) is 4.78. The lowest BCUT2D eigenvalue weighted by molar-refractivity contribution is -0.130. The molecule has 1 amide bonds. The van der Waals surface area contributed by atoms with Crippen LogP contribution in [0.4, 0.5) is 0 Å². The van der Waals surface area contributed by atoms with Crippen molar-refractivity contribution in [3.63, 3.8) is 0 Å². The average Bonchev–Trinajstić information content (AvgIpc) is 2.91. The Morgan fingerprint density at radius 1 is 1.40 bits per heavy atom. The van der Waals surface area contributed by atoms with Crippen LogP contribution in [-0.2, 0) is 14.3 Å². The van der Waals surface area contributed by atoms with Crippen molar-refractivity contribution in [1.82, 2.24) is 5.32 Å². The SMILES string of the molecule is COCCNC(=O)C(CC(C)C)OC(=O)c1cccs1. The molecule has 1 aromatic rings. The van der Waals surface area contributed by atoms with Gasteiger partial charge >= 0.3 is 5.97 Å². The normalized spacial score (nSPS) is 12.2. The third-order valence-corrected chi connectivity index (χ3v) is 3.40. The van der Waals surface area contributed by atoms with Gasteiger partial charge in [-0.05, 0) is 23.8 Å². The van der Waals surface area contributed by atoms with E-state index in [1.165, 1.54) is 11.3 Å². The first-order valence-corrected chi connectivity index (χ1v) is 7.43. The van der Waals surface area contributed by atoms with Crippen LogP contribution in [-0.4, -0.2) is 38.2 Å². The maximum atomic E-state index is 12.0. The molecule has 6 heteroatoms. The van der Waals surface area contributed by atoms with E-state index >= 15 is 0 Å². The minimum Gasteiger partial charge on any atom is -0.448 e. The molecule has 0 aliphatic heterocycles. The van der Waals surface area contributed by atoms with Crippen molar-refractivity contribution < 1.29 is 19.1 Å². The number of carbonyl (C=O) groups is 2. The monoisotopic (exact) mass is 299 g/mol. The number of rotatable bonds is 8. The fraction of sp³-hybridized carbons (Fsp3) is 0.571. The third kappa shape index (κ3) is 5.71. The van der Waals surface area contributed by atoms with Gasteiger partial charge in [-0.3, -0.25) is 4.79 Å². The molecular formula is C14H21NO4S. The van der Waals surface area contributed by atoms with Crippen molar-refractivity contribution >= 4 is 23.2 Å². The summed E-state index contributed by atoms with van der Waals surface area (Å²) in [5.41, 5.74) is 0. The van der Waals surface area contributed by atoms with Gasteiger partial charge < -0.3 is 14.8 Å². The molecule has 1 rings (SSSR count). The summed E-state index contributed by atoms with van der Waals surface area (Å²) in [5.74, 6) is -0.475. The third-order valence-electron chi connectivity index (χ3n) is 2.55. The van der Waals surface area contributed by atoms with Crippen LogP contribution < -0.4 is 5.32 Å². The van der Waals surface area contributed by atoms with Gasteiger partial charge in [0.1, 0.15) is 4.88 Å². The zero-order valence-electron chi connectivity index (χ0n) is 12.0. The molecule has 20 heavy (non-hydrogen) atoms. The maximum absolute atomic E-state index is 12.0. The van der Waals surface area contributed by atoms with Gasteiger partial charge in [-0.2, -0.15) is 0 Å². The van der Waals surface area contributed by atoms with Gasteiger partial charge in [0.05, 0.1) is 6.61 Å². The van der Waals surface area contributed by atoms with E-state index in [0.717, 1.165) is 0 Å². The van der Waals surface area contributed by atoms with Crippen molar-refractivity contribution in [3.05, 3.63) is 22.4 Å². The predicted octanol–water partition coefficient (Wildman–Crippen LogP) is 2.08. The average molecular weight is 299 g/mol. The Balaban J connectivity index is 2.59. The standard InChI is InChI=1S/C14H21NO4S/c1-10(2)9-11(13(16)15-6-7-18-3)19-14(17)12-5-4-8-20-12/h4-5,8,10-11H,6-7,9H2,1-3H3,(H,15,16). The quantitative estimate of drug-likeness (QED) is 0.589. The molecule has 0 saturated heterocycles. The van der Waals surface area contributed by atoms with Crippen LogP contribution in [0.1, 0.15) is 29.9 Å². The second kappa shape index (κ2) is 8.71. The van der Waals surface area contributed by atoms with E-state index in [0.29, 0.717) is 24.4 Å². The highest BCUT2D eigenvalue weighted by atomic mass is 32.1. The smallest absolute Gasteiger partial charge is 0.349 e. The molecule has 0 radical (unpaired) electrons. The number of ether oxygens (including phenoxy) is 2. The van der Waals surface area contributed by atoms with Gasteiger partial charge in [0, 0.05) is 13.7 Å². The largest absolute Gasteiger partial charge is 0.448 e. The van der Waals surface area contributed by atoms with Crippen molar-refractivity contribution in [2.75, 3.05) is 20.3 Å². The van der Waals surface area contributed by atoms with Gasteiger partial charge in [0.15, 0.2) is 6.10 Å². The van der Waals surface area contributed by atoms with Crippen molar-refractivity contribution in [3.8, 4) is 0 Å². The van der Waals surface area contributed by atoms with Gasteiger partial charge in [0.25, 0.3) is 5.91 Å². The van der Waals surface area contributed by atoms with Crippen molar-refractivity contribution in [2.45, 2.75) is 26.4 Å².